The van der Waals surface area contributed by atoms with Crippen molar-refractivity contribution >= 4 is 29.3 Å². The van der Waals surface area contributed by atoms with Gasteiger partial charge in [-0.3, -0.25) is 9.79 Å². The number of guanidine groups is 1. The first-order chi connectivity index (χ1) is 13.6. The van der Waals surface area contributed by atoms with Crippen LogP contribution in [-0.2, 0) is 6.54 Å². The average Bonchev–Trinajstić information content (AvgIpc) is 3.19. The van der Waals surface area contributed by atoms with E-state index in [0.29, 0.717) is 17.1 Å². The van der Waals surface area contributed by atoms with E-state index in [1.165, 1.54) is 0 Å². The summed E-state index contributed by atoms with van der Waals surface area (Å²) >= 11 is 6.26. The van der Waals surface area contributed by atoms with Crippen molar-refractivity contribution < 1.29 is 4.79 Å². The lowest BCUT2D eigenvalue weighted by atomic mass is 10.1. The molecule has 0 aliphatic carbocycles. The molecule has 2 heterocycles. The van der Waals surface area contributed by atoms with E-state index in [4.69, 9.17) is 11.6 Å². The Kier molecular flexibility index (Phi) is 6.71. The van der Waals surface area contributed by atoms with Gasteiger partial charge in [0.25, 0.3) is 5.91 Å². The molecule has 1 unspecified atom stereocenters. The van der Waals surface area contributed by atoms with Crippen molar-refractivity contribution in [2.45, 2.75) is 19.0 Å². The minimum Gasteiger partial charge on any atom is -0.355 e. The fraction of sp³-hybridized carbons (Fsp3) is 0.350. The predicted octanol–water partition coefficient (Wildman–Crippen LogP) is 2.04. The number of halogens is 1. The Morgan fingerprint density at radius 3 is 2.96 bits per heavy atom. The first-order valence-corrected chi connectivity index (χ1v) is 9.62. The molecular formula is C20H25ClN6O. The van der Waals surface area contributed by atoms with Crippen molar-refractivity contribution in [3.63, 3.8) is 0 Å². The molecule has 0 spiro atoms. The van der Waals surface area contributed by atoms with Crippen LogP contribution < -0.4 is 20.9 Å². The standard InChI is InChI=1S/C20H25ClN6O/c1-22-19(28)15-6-3-5-14(11-15)12-25-20(23-2)26-16-8-10-27(13-16)18-17(21)7-4-9-24-18/h3-7,9,11,16H,8,10,12-13H2,1-2H3,(H,22,28)(H2,23,25,26). The van der Waals surface area contributed by atoms with Gasteiger partial charge in [0.1, 0.15) is 5.82 Å². The molecule has 1 aliphatic heterocycles. The van der Waals surface area contributed by atoms with Crippen molar-refractivity contribution in [1.82, 2.24) is 20.9 Å². The molecule has 3 rings (SSSR count). The van der Waals surface area contributed by atoms with Gasteiger partial charge in [-0.2, -0.15) is 0 Å². The molecular weight excluding hydrogens is 376 g/mol. The van der Waals surface area contributed by atoms with Crippen molar-refractivity contribution in [3.8, 4) is 0 Å². The van der Waals surface area contributed by atoms with Crippen LogP contribution in [0.4, 0.5) is 5.82 Å². The Morgan fingerprint density at radius 2 is 2.21 bits per heavy atom. The SMILES string of the molecule is CN=C(NCc1cccc(C(=O)NC)c1)NC1CCN(c2ncccc2Cl)C1. The number of anilines is 1. The molecule has 28 heavy (non-hydrogen) atoms. The number of carbonyl (C=O) groups is 1. The van der Waals surface area contributed by atoms with E-state index in [0.717, 1.165) is 36.9 Å². The number of hydrogen-bond donors (Lipinski definition) is 3. The van der Waals surface area contributed by atoms with Crippen LogP contribution in [0.2, 0.25) is 5.02 Å². The number of hydrogen-bond acceptors (Lipinski definition) is 4. The second-order valence-electron chi connectivity index (χ2n) is 6.59. The Morgan fingerprint density at radius 1 is 1.36 bits per heavy atom. The van der Waals surface area contributed by atoms with Crippen LogP contribution in [0.1, 0.15) is 22.3 Å². The lowest BCUT2D eigenvalue weighted by Crippen LogP contribution is -2.44. The van der Waals surface area contributed by atoms with Crippen LogP contribution in [0.3, 0.4) is 0 Å². The van der Waals surface area contributed by atoms with Crippen LogP contribution in [0.25, 0.3) is 0 Å². The van der Waals surface area contributed by atoms with E-state index >= 15 is 0 Å². The summed E-state index contributed by atoms with van der Waals surface area (Å²) in [5.74, 6) is 1.45. The molecule has 2 aromatic rings. The molecule has 1 aliphatic rings. The minimum atomic E-state index is -0.0939. The lowest BCUT2D eigenvalue weighted by Gasteiger charge is -2.20. The molecule has 7 nitrogen and oxygen atoms in total. The average molecular weight is 401 g/mol. The maximum atomic E-state index is 11.8. The van der Waals surface area contributed by atoms with E-state index in [2.05, 4.69) is 30.8 Å². The molecule has 1 amide bonds. The van der Waals surface area contributed by atoms with Gasteiger partial charge in [0.15, 0.2) is 5.96 Å². The maximum absolute atomic E-state index is 11.8. The number of carbonyl (C=O) groups excluding carboxylic acids is 1. The Hall–Kier alpha value is -2.80. The fourth-order valence-electron chi connectivity index (χ4n) is 3.22. The quantitative estimate of drug-likeness (QED) is 0.528. The maximum Gasteiger partial charge on any atom is 0.251 e. The third-order valence-corrected chi connectivity index (χ3v) is 4.96. The normalized spacial score (nSPS) is 16.8. The van der Waals surface area contributed by atoms with Crippen LogP contribution >= 0.6 is 11.6 Å². The van der Waals surface area contributed by atoms with E-state index in [1.807, 2.05) is 30.3 Å². The molecule has 1 atom stereocenters. The monoisotopic (exact) mass is 400 g/mol. The molecule has 1 aromatic carbocycles. The van der Waals surface area contributed by atoms with Crippen LogP contribution in [-0.4, -0.2) is 50.1 Å². The number of aliphatic imine (C=N–C) groups is 1. The summed E-state index contributed by atoms with van der Waals surface area (Å²) in [6.07, 6.45) is 2.73. The smallest absolute Gasteiger partial charge is 0.251 e. The summed E-state index contributed by atoms with van der Waals surface area (Å²) in [4.78, 5) is 22.7. The van der Waals surface area contributed by atoms with Crippen molar-refractivity contribution in [2.75, 3.05) is 32.1 Å². The fourth-order valence-corrected chi connectivity index (χ4v) is 3.46. The number of nitrogens with one attached hydrogen (secondary N) is 3. The molecule has 1 aromatic heterocycles. The van der Waals surface area contributed by atoms with E-state index in [-0.39, 0.29) is 11.9 Å². The molecule has 3 N–H and O–H groups in total. The largest absolute Gasteiger partial charge is 0.355 e. The summed E-state index contributed by atoms with van der Waals surface area (Å²) in [6, 6.07) is 11.5. The van der Waals surface area contributed by atoms with Crippen LogP contribution in [0, 0.1) is 0 Å². The van der Waals surface area contributed by atoms with E-state index in [9.17, 15) is 4.79 Å². The Bertz CT molecular complexity index is 856. The van der Waals surface area contributed by atoms with Gasteiger partial charge >= 0.3 is 0 Å². The number of benzene rings is 1. The Labute approximate surface area is 170 Å². The van der Waals surface area contributed by atoms with Gasteiger partial charge in [0.2, 0.25) is 0 Å². The summed E-state index contributed by atoms with van der Waals surface area (Å²) in [6.45, 7) is 2.27. The summed E-state index contributed by atoms with van der Waals surface area (Å²) in [5, 5.41) is 10.1. The van der Waals surface area contributed by atoms with Gasteiger partial charge < -0.3 is 20.9 Å². The highest BCUT2D eigenvalue weighted by atomic mass is 35.5. The first kappa shape index (κ1) is 19.9. The highest BCUT2D eigenvalue weighted by Crippen LogP contribution is 2.25. The minimum absolute atomic E-state index is 0.0939. The number of amides is 1. The zero-order chi connectivity index (χ0) is 19.9. The molecule has 8 heteroatoms. The number of aromatic nitrogens is 1. The van der Waals surface area contributed by atoms with Crippen molar-refractivity contribution in [2.24, 2.45) is 4.99 Å². The zero-order valence-electron chi connectivity index (χ0n) is 16.1. The molecule has 0 bridgehead atoms. The van der Waals surface area contributed by atoms with Crippen LogP contribution in [0.5, 0.6) is 0 Å². The van der Waals surface area contributed by atoms with Gasteiger partial charge in [-0.1, -0.05) is 23.7 Å². The third-order valence-electron chi connectivity index (χ3n) is 4.67. The summed E-state index contributed by atoms with van der Waals surface area (Å²) in [5.41, 5.74) is 1.65. The second kappa shape index (κ2) is 9.41. The molecule has 1 saturated heterocycles. The lowest BCUT2D eigenvalue weighted by molar-refractivity contribution is 0.0963. The highest BCUT2D eigenvalue weighted by Gasteiger charge is 2.25. The Balaban J connectivity index is 1.54. The first-order valence-electron chi connectivity index (χ1n) is 9.24. The molecule has 1 fully saturated rings. The van der Waals surface area contributed by atoms with Gasteiger partial charge in [-0.25, -0.2) is 4.98 Å². The van der Waals surface area contributed by atoms with Gasteiger partial charge in [-0.15, -0.1) is 0 Å². The van der Waals surface area contributed by atoms with Crippen LogP contribution in [0.15, 0.2) is 47.6 Å². The second-order valence-corrected chi connectivity index (χ2v) is 7.00. The summed E-state index contributed by atoms with van der Waals surface area (Å²) < 4.78 is 0. The molecule has 148 valence electrons. The predicted molar refractivity (Wildman–Crippen MR) is 113 cm³/mol. The third kappa shape index (κ3) is 4.92. The topological polar surface area (TPSA) is 81.6 Å². The number of rotatable bonds is 5. The highest BCUT2D eigenvalue weighted by molar-refractivity contribution is 6.32. The van der Waals surface area contributed by atoms with Gasteiger partial charge in [0.05, 0.1) is 5.02 Å². The van der Waals surface area contributed by atoms with E-state index in [1.54, 1.807) is 26.4 Å². The zero-order valence-corrected chi connectivity index (χ0v) is 16.8. The number of pyridine rings is 1. The number of nitrogens with zero attached hydrogens (tertiary/aromatic N) is 3. The summed E-state index contributed by atoms with van der Waals surface area (Å²) in [7, 11) is 3.38. The van der Waals surface area contributed by atoms with Gasteiger partial charge in [0, 0.05) is 51.5 Å². The van der Waals surface area contributed by atoms with Crippen molar-refractivity contribution in [1.29, 1.82) is 0 Å². The van der Waals surface area contributed by atoms with Crippen molar-refractivity contribution in [3.05, 3.63) is 58.7 Å². The molecule has 0 saturated carbocycles. The van der Waals surface area contributed by atoms with E-state index < -0.39 is 0 Å². The molecule has 0 radical (unpaired) electrons. The van der Waals surface area contributed by atoms with Gasteiger partial charge in [-0.05, 0) is 36.2 Å².